The van der Waals surface area contributed by atoms with Crippen molar-refractivity contribution < 1.29 is 9.90 Å². The molecular weight excluding hydrogens is 240 g/mol. The number of rotatable bonds is 4. The zero-order chi connectivity index (χ0) is 14.0. The second-order valence-electron chi connectivity index (χ2n) is 4.73. The number of carbonyl (C=O) groups is 1. The lowest BCUT2D eigenvalue weighted by Gasteiger charge is -2.26. The van der Waals surface area contributed by atoms with Gasteiger partial charge in [-0.2, -0.15) is 0 Å². The van der Waals surface area contributed by atoms with Crippen LogP contribution in [0, 0.1) is 0 Å². The van der Waals surface area contributed by atoms with E-state index in [1.165, 1.54) is 0 Å². The summed E-state index contributed by atoms with van der Waals surface area (Å²) in [5.74, 6) is -0.0381. The first kappa shape index (κ1) is 13.3. The first-order valence-corrected chi connectivity index (χ1v) is 6.44. The summed E-state index contributed by atoms with van der Waals surface area (Å²) in [6.07, 6.45) is 0. The van der Waals surface area contributed by atoms with E-state index in [-0.39, 0.29) is 0 Å². The van der Waals surface area contributed by atoms with Crippen molar-refractivity contribution in [1.29, 1.82) is 0 Å². The van der Waals surface area contributed by atoms with Gasteiger partial charge in [0.2, 0.25) is 0 Å². The van der Waals surface area contributed by atoms with Crippen LogP contribution in [0.3, 0.4) is 0 Å². The number of hydrogen-bond donors (Lipinski definition) is 1. The molecule has 19 heavy (non-hydrogen) atoms. The number of benzene rings is 1. The summed E-state index contributed by atoms with van der Waals surface area (Å²) in [4.78, 5) is 17.9. The van der Waals surface area contributed by atoms with Gasteiger partial charge in [0.25, 0.3) is 0 Å². The molecule has 0 bridgehead atoms. The van der Waals surface area contributed by atoms with Crippen LogP contribution in [-0.2, 0) is 0 Å². The van der Waals surface area contributed by atoms with E-state index < -0.39 is 5.97 Å². The standard InChI is InChI=1S/C15H18N2O2/c1-4-17(10(2)3)14-9-8-11-12(15(18)19)6-5-7-13(11)16-14/h5-10H,4H2,1-3H3,(H,18,19). The van der Waals surface area contributed by atoms with Crippen molar-refractivity contribution in [3.63, 3.8) is 0 Å². The highest BCUT2D eigenvalue weighted by Gasteiger charge is 2.13. The van der Waals surface area contributed by atoms with E-state index in [0.29, 0.717) is 17.0 Å². The van der Waals surface area contributed by atoms with E-state index in [4.69, 9.17) is 5.11 Å². The van der Waals surface area contributed by atoms with Crippen LogP contribution >= 0.6 is 0 Å². The summed E-state index contributed by atoms with van der Waals surface area (Å²) in [7, 11) is 0. The van der Waals surface area contributed by atoms with Crippen LogP contribution in [0.25, 0.3) is 10.9 Å². The summed E-state index contributed by atoms with van der Waals surface area (Å²) in [5.41, 5.74) is 1.01. The SMILES string of the molecule is CCN(c1ccc2c(C(=O)O)cccc2n1)C(C)C. The van der Waals surface area contributed by atoms with Gasteiger partial charge in [0.05, 0.1) is 11.1 Å². The highest BCUT2D eigenvalue weighted by atomic mass is 16.4. The molecule has 0 saturated heterocycles. The smallest absolute Gasteiger partial charge is 0.336 e. The van der Waals surface area contributed by atoms with Crippen molar-refractivity contribution in [1.82, 2.24) is 4.98 Å². The molecule has 1 aromatic heterocycles. The van der Waals surface area contributed by atoms with Crippen molar-refractivity contribution in [3.05, 3.63) is 35.9 Å². The average molecular weight is 258 g/mol. The average Bonchev–Trinajstić information content (AvgIpc) is 2.38. The van der Waals surface area contributed by atoms with E-state index in [1.54, 1.807) is 12.1 Å². The highest BCUT2D eigenvalue weighted by molar-refractivity contribution is 6.02. The van der Waals surface area contributed by atoms with E-state index >= 15 is 0 Å². The Bertz CT molecular complexity index is 608. The third-order valence-corrected chi connectivity index (χ3v) is 3.21. The minimum Gasteiger partial charge on any atom is -0.478 e. The Morgan fingerprint density at radius 3 is 2.63 bits per heavy atom. The Kier molecular flexibility index (Phi) is 3.69. The van der Waals surface area contributed by atoms with Gasteiger partial charge in [0.15, 0.2) is 0 Å². The molecule has 0 saturated carbocycles. The van der Waals surface area contributed by atoms with Crippen molar-refractivity contribution in [3.8, 4) is 0 Å². The molecule has 4 heteroatoms. The maximum atomic E-state index is 11.2. The van der Waals surface area contributed by atoms with Crippen molar-refractivity contribution in [2.75, 3.05) is 11.4 Å². The molecule has 0 aliphatic carbocycles. The molecule has 0 fully saturated rings. The topological polar surface area (TPSA) is 53.4 Å². The molecule has 0 aliphatic rings. The van der Waals surface area contributed by atoms with E-state index in [9.17, 15) is 4.79 Å². The van der Waals surface area contributed by atoms with Crippen molar-refractivity contribution >= 4 is 22.7 Å². The van der Waals surface area contributed by atoms with Gasteiger partial charge in [-0.3, -0.25) is 0 Å². The van der Waals surface area contributed by atoms with Gasteiger partial charge in [-0.15, -0.1) is 0 Å². The Labute approximate surface area is 112 Å². The largest absolute Gasteiger partial charge is 0.478 e. The highest BCUT2D eigenvalue weighted by Crippen LogP contribution is 2.22. The third kappa shape index (κ3) is 2.52. The van der Waals surface area contributed by atoms with Gasteiger partial charge in [-0.05, 0) is 45.0 Å². The molecule has 1 aromatic carbocycles. The summed E-state index contributed by atoms with van der Waals surface area (Å²) in [6.45, 7) is 7.18. The van der Waals surface area contributed by atoms with Crippen LogP contribution in [0.4, 0.5) is 5.82 Å². The third-order valence-electron chi connectivity index (χ3n) is 3.21. The Balaban J connectivity index is 2.56. The Morgan fingerprint density at radius 1 is 1.32 bits per heavy atom. The molecule has 0 amide bonds. The molecule has 1 heterocycles. The molecule has 2 aromatic rings. The lowest BCUT2D eigenvalue weighted by atomic mass is 10.1. The summed E-state index contributed by atoms with van der Waals surface area (Å²) < 4.78 is 0. The maximum Gasteiger partial charge on any atom is 0.336 e. The fourth-order valence-corrected chi connectivity index (χ4v) is 2.28. The van der Waals surface area contributed by atoms with Gasteiger partial charge >= 0.3 is 5.97 Å². The van der Waals surface area contributed by atoms with Crippen molar-refractivity contribution in [2.45, 2.75) is 26.8 Å². The number of fused-ring (bicyclic) bond motifs is 1. The monoisotopic (exact) mass is 258 g/mol. The minimum atomic E-state index is -0.920. The lowest BCUT2D eigenvalue weighted by Crippen LogP contribution is -2.31. The molecule has 2 rings (SSSR count). The molecule has 0 aliphatic heterocycles. The molecule has 0 spiro atoms. The summed E-state index contributed by atoms with van der Waals surface area (Å²) in [5, 5.41) is 9.84. The molecule has 0 atom stereocenters. The zero-order valence-electron chi connectivity index (χ0n) is 11.4. The molecular formula is C15H18N2O2. The van der Waals surface area contributed by atoms with Gasteiger partial charge in [-0.1, -0.05) is 6.07 Å². The van der Waals surface area contributed by atoms with Crippen LogP contribution in [0.1, 0.15) is 31.1 Å². The fourth-order valence-electron chi connectivity index (χ4n) is 2.28. The zero-order valence-corrected chi connectivity index (χ0v) is 11.4. The Morgan fingerprint density at radius 2 is 2.05 bits per heavy atom. The number of aromatic nitrogens is 1. The van der Waals surface area contributed by atoms with Crippen molar-refractivity contribution in [2.24, 2.45) is 0 Å². The van der Waals surface area contributed by atoms with E-state index in [2.05, 4.69) is 30.7 Å². The predicted molar refractivity (Wildman–Crippen MR) is 76.9 cm³/mol. The summed E-state index contributed by atoms with van der Waals surface area (Å²) >= 11 is 0. The van der Waals surface area contributed by atoms with Gasteiger partial charge < -0.3 is 10.0 Å². The molecule has 0 radical (unpaired) electrons. The maximum absolute atomic E-state index is 11.2. The first-order valence-electron chi connectivity index (χ1n) is 6.44. The van der Waals surface area contributed by atoms with Crippen LogP contribution in [-0.4, -0.2) is 28.6 Å². The van der Waals surface area contributed by atoms with Crippen LogP contribution in [0.15, 0.2) is 30.3 Å². The second-order valence-corrected chi connectivity index (χ2v) is 4.73. The first-order chi connectivity index (χ1) is 9.04. The normalized spacial score (nSPS) is 10.9. The number of anilines is 1. The molecule has 0 unspecified atom stereocenters. The number of pyridine rings is 1. The fraction of sp³-hybridized carbons (Fsp3) is 0.333. The van der Waals surface area contributed by atoms with Crippen LogP contribution in [0.2, 0.25) is 0 Å². The summed E-state index contributed by atoms with van der Waals surface area (Å²) in [6, 6.07) is 9.27. The number of carboxylic acid groups (broad SMARTS) is 1. The predicted octanol–water partition coefficient (Wildman–Crippen LogP) is 3.17. The number of aromatic carboxylic acids is 1. The second kappa shape index (κ2) is 5.26. The van der Waals surface area contributed by atoms with Crippen LogP contribution < -0.4 is 4.90 Å². The van der Waals surface area contributed by atoms with E-state index in [0.717, 1.165) is 17.9 Å². The number of nitrogens with zero attached hydrogens (tertiary/aromatic N) is 2. The molecule has 4 nitrogen and oxygen atoms in total. The lowest BCUT2D eigenvalue weighted by molar-refractivity contribution is 0.0699. The van der Waals surface area contributed by atoms with Crippen LogP contribution in [0.5, 0.6) is 0 Å². The van der Waals surface area contributed by atoms with Gasteiger partial charge in [-0.25, -0.2) is 9.78 Å². The quantitative estimate of drug-likeness (QED) is 0.915. The number of carboxylic acids is 1. The van der Waals surface area contributed by atoms with Gasteiger partial charge in [0, 0.05) is 18.0 Å². The van der Waals surface area contributed by atoms with E-state index in [1.807, 2.05) is 18.2 Å². The Hall–Kier alpha value is -2.10. The molecule has 1 N–H and O–H groups in total. The number of hydrogen-bond acceptors (Lipinski definition) is 3. The van der Waals surface area contributed by atoms with Gasteiger partial charge in [0.1, 0.15) is 5.82 Å². The minimum absolute atomic E-state index is 0.296. The molecule has 100 valence electrons.